The Labute approximate surface area is 151 Å². The zero-order valence-corrected chi connectivity index (χ0v) is 15.1. The predicted octanol–water partition coefficient (Wildman–Crippen LogP) is 3.80. The van der Waals surface area contributed by atoms with Crippen LogP contribution < -0.4 is 5.56 Å². The van der Waals surface area contributed by atoms with E-state index in [1.807, 2.05) is 13.8 Å². The Morgan fingerprint density at radius 2 is 2.04 bits per heavy atom. The molecule has 2 aromatic rings. The van der Waals surface area contributed by atoms with Gasteiger partial charge in [0.25, 0.3) is 5.56 Å². The number of rotatable bonds is 5. The lowest BCUT2D eigenvalue weighted by Crippen LogP contribution is -2.33. The van der Waals surface area contributed by atoms with Crippen molar-refractivity contribution in [1.82, 2.24) is 4.57 Å². The highest BCUT2D eigenvalue weighted by Crippen LogP contribution is 2.26. The van der Waals surface area contributed by atoms with Crippen LogP contribution in [0, 0.1) is 17.2 Å². The molecule has 0 aliphatic heterocycles. The average Bonchev–Trinajstić information content (AvgIpc) is 2.56. The Morgan fingerprint density at radius 3 is 2.60 bits per heavy atom. The first kappa shape index (κ1) is 18.8. The fraction of sp³-hybridized carbons (Fsp3) is 0.316. The van der Waals surface area contributed by atoms with E-state index in [0.29, 0.717) is 21.7 Å². The van der Waals surface area contributed by atoms with Gasteiger partial charge in [-0.05, 0) is 42.7 Å². The van der Waals surface area contributed by atoms with Gasteiger partial charge in [-0.15, -0.1) is 0 Å². The smallest absolute Gasteiger partial charge is 0.329 e. The van der Waals surface area contributed by atoms with Gasteiger partial charge in [-0.1, -0.05) is 25.4 Å². The number of carbonyl (C=O) groups excluding carboxylic acids is 1. The number of halogens is 1. The number of benzene rings is 1. The number of carbonyl (C=O) groups is 1. The summed E-state index contributed by atoms with van der Waals surface area (Å²) >= 11 is 6.01. The van der Waals surface area contributed by atoms with Crippen LogP contribution in [0.3, 0.4) is 0 Å². The Hall–Kier alpha value is -2.58. The van der Waals surface area contributed by atoms with Crippen LogP contribution in [-0.4, -0.2) is 17.1 Å². The highest BCUT2D eigenvalue weighted by atomic mass is 35.5. The molecule has 0 bridgehead atoms. The second kappa shape index (κ2) is 8.00. The van der Waals surface area contributed by atoms with Crippen molar-refractivity contribution in [2.75, 3.05) is 6.61 Å². The lowest BCUT2D eigenvalue weighted by molar-refractivity contribution is -0.148. The minimum atomic E-state index is -0.698. The van der Waals surface area contributed by atoms with Crippen molar-refractivity contribution in [3.8, 4) is 17.2 Å². The topological polar surface area (TPSA) is 72.1 Å². The van der Waals surface area contributed by atoms with Gasteiger partial charge >= 0.3 is 5.97 Å². The molecule has 0 spiro atoms. The van der Waals surface area contributed by atoms with Gasteiger partial charge < -0.3 is 9.30 Å². The van der Waals surface area contributed by atoms with Gasteiger partial charge in [0.15, 0.2) is 0 Å². The van der Waals surface area contributed by atoms with Gasteiger partial charge in [-0.25, -0.2) is 4.79 Å². The van der Waals surface area contributed by atoms with Crippen LogP contribution in [0.25, 0.3) is 11.1 Å². The third-order valence-electron chi connectivity index (χ3n) is 3.82. The zero-order chi connectivity index (χ0) is 18.6. The summed E-state index contributed by atoms with van der Waals surface area (Å²) in [6, 6.07) is 9.37. The lowest BCUT2D eigenvalue weighted by Gasteiger charge is -2.21. The third kappa shape index (κ3) is 4.09. The molecule has 0 fully saturated rings. The maximum Gasteiger partial charge on any atom is 0.329 e. The number of ether oxygens (including phenoxy) is 1. The molecule has 0 aliphatic rings. The van der Waals surface area contributed by atoms with E-state index in [0.717, 1.165) is 0 Å². The van der Waals surface area contributed by atoms with Crippen LogP contribution in [0.5, 0.6) is 0 Å². The summed E-state index contributed by atoms with van der Waals surface area (Å²) < 4.78 is 6.45. The Bertz CT molecular complexity index is 881. The zero-order valence-electron chi connectivity index (χ0n) is 14.3. The molecule has 0 radical (unpaired) electrons. The van der Waals surface area contributed by atoms with Gasteiger partial charge in [-0.3, -0.25) is 4.79 Å². The molecule has 1 aromatic carbocycles. The normalized spacial score (nSPS) is 11.8. The van der Waals surface area contributed by atoms with E-state index in [1.54, 1.807) is 37.4 Å². The third-order valence-corrected chi connectivity index (χ3v) is 4.06. The monoisotopic (exact) mass is 358 g/mol. The molecule has 0 N–H and O–H groups in total. The van der Waals surface area contributed by atoms with Crippen molar-refractivity contribution in [1.29, 1.82) is 5.26 Å². The summed E-state index contributed by atoms with van der Waals surface area (Å²) in [6.45, 7) is 5.69. The quantitative estimate of drug-likeness (QED) is 0.762. The van der Waals surface area contributed by atoms with E-state index in [2.05, 4.69) is 6.07 Å². The molecule has 1 aromatic heterocycles. The molecular weight excluding hydrogens is 340 g/mol. The number of nitrogens with zero attached hydrogens (tertiary/aromatic N) is 2. The average molecular weight is 359 g/mol. The SMILES string of the molecule is CCOC(=O)[C@H](C(C)C)n1ccc(-c2cc(Cl)ccc2C#N)cc1=O. The number of esters is 1. The Kier molecular flexibility index (Phi) is 6.00. The lowest BCUT2D eigenvalue weighted by atomic mass is 10.0. The molecule has 1 heterocycles. The predicted molar refractivity (Wildman–Crippen MR) is 96.4 cm³/mol. The Morgan fingerprint density at radius 1 is 1.32 bits per heavy atom. The summed E-state index contributed by atoms with van der Waals surface area (Å²) in [5, 5.41) is 9.73. The van der Waals surface area contributed by atoms with E-state index < -0.39 is 12.0 Å². The van der Waals surface area contributed by atoms with Crippen molar-refractivity contribution in [3.63, 3.8) is 0 Å². The second-order valence-electron chi connectivity index (χ2n) is 5.90. The standard InChI is InChI=1S/C19H19ClN2O3/c1-4-25-19(24)18(12(2)3)22-8-7-13(9-17(22)23)16-10-15(20)6-5-14(16)11-21/h5-10,12,18H,4H2,1-3H3/t18-/m0/s1. The van der Waals surface area contributed by atoms with Crippen LogP contribution in [-0.2, 0) is 9.53 Å². The van der Waals surface area contributed by atoms with Gasteiger partial charge in [0.1, 0.15) is 6.04 Å². The molecule has 0 unspecified atom stereocenters. The van der Waals surface area contributed by atoms with E-state index in [9.17, 15) is 14.9 Å². The highest BCUT2D eigenvalue weighted by molar-refractivity contribution is 6.30. The molecule has 0 saturated carbocycles. The number of aromatic nitrogens is 1. The van der Waals surface area contributed by atoms with E-state index >= 15 is 0 Å². The highest BCUT2D eigenvalue weighted by Gasteiger charge is 2.26. The molecule has 0 amide bonds. The van der Waals surface area contributed by atoms with Crippen molar-refractivity contribution in [2.24, 2.45) is 5.92 Å². The summed E-state index contributed by atoms with van der Waals surface area (Å²) in [6.07, 6.45) is 1.56. The first-order chi connectivity index (χ1) is 11.9. The largest absolute Gasteiger partial charge is 0.464 e. The first-order valence-corrected chi connectivity index (χ1v) is 8.35. The Balaban J connectivity index is 2.52. The second-order valence-corrected chi connectivity index (χ2v) is 6.34. The van der Waals surface area contributed by atoms with Gasteiger partial charge in [0.2, 0.25) is 0 Å². The molecule has 2 rings (SSSR count). The number of pyridine rings is 1. The minimum absolute atomic E-state index is 0.108. The van der Waals surface area contributed by atoms with Gasteiger partial charge in [0.05, 0.1) is 18.2 Å². The van der Waals surface area contributed by atoms with Crippen molar-refractivity contribution < 1.29 is 9.53 Å². The molecule has 0 saturated heterocycles. The number of nitriles is 1. The maximum absolute atomic E-state index is 12.6. The van der Waals surface area contributed by atoms with E-state index in [1.165, 1.54) is 10.6 Å². The minimum Gasteiger partial charge on any atom is -0.464 e. The number of hydrogen-bond donors (Lipinski definition) is 0. The van der Waals surface area contributed by atoms with Crippen molar-refractivity contribution in [2.45, 2.75) is 26.8 Å². The van der Waals surface area contributed by atoms with Gasteiger partial charge in [-0.2, -0.15) is 5.26 Å². The molecular formula is C19H19ClN2O3. The molecule has 5 nitrogen and oxygen atoms in total. The van der Waals surface area contributed by atoms with Crippen LogP contribution in [0.4, 0.5) is 0 Å². The number of hydrogen-bond acceptors (Lipinski definition) is 4. The van der Waals surface area contributed by atoms with Crippen LogP contribution in [0.15, 0.2) is 41.3 Å². The molecule has 25 heavy (non-hydrogen) atoms. The summed E-state index contributed by atoms with van der Waals surface area (Å²) in [5.41, 5.74) is 1.24. The molecule has 0 aliphatic carbocycles. The van der Waals surface area contributed by atoms with Gasteiger partial charge in [0, 0.05) is 22.8 Å². The van der Waals surface area contributed by atoms with E-state index in [4.69, 9.17) is 16.3 Å². The first-order valence-electron chi connectivity index (χ1n) is 7.97. The fourth-order valence-electron chi connectivity index (χ4n) is 2.67. The summed E-state index contributed by atoms with van der Waals surface area (Å²) in [5.74, 6) is -0.545. The molecule has 130 valence electrons. The maximum atomic E-state index is 12.6. The summed E-state index contributed by atoms with van der Waals surface area (Å²) in [4.78, 5) is 24.8. The van der Waals surface area contributed by atoms with Crippen molar-refractivity contribution in [3.05, 3.63) is 57.5 Å². The fourth-order valence-corrected chi connectivity index (χ4v) is 2.85. The van der Waals surface area contributed by atoms with Crippen LogP contribution in [0.1, 0.15) is 32.4 Å². The van der Waals surface area contributed by atoms with Crippen LogP contribution >= 0.6 is 11.6 Å². The molecule has 1 atom stereocenters. The molecule has 6 heteroatoms. The van der Waals surface area contributed by atoms with Crippen LogP contribution in [0.2, 0.25) is 5.02 Å². The van der Waals surface area contributed by atoms with E-state index in [-0.39, 0.29) is 18.1 Å². The van der Waals surface area contributed by atoms with Crippen molar-refractivity contribution >= 4 is 17.6 Å². The summed E-state index contributed by atoms with van der Waals surface area (Å²) in [7, 11) is 0.